The minimum atomic E-state index is -0.210. The largest absolute Gasteiger partial charge is 0.395 e. The molecule has 2 heterocycles. The molecule has 0 fully saturated rings. The van der Waals surface area contributed by atoms with Gasteiger partial charge in [-0.25, -0.2) is 4.98 Å². The topological polar surface area (TPSA) is 64.1 Å². The summed E-state index contributed by atoms with van der Waals surface area (Å²) in [6.07, 6.45) is 4.39. The molecular weight excluding hydrogens is 210 g/mol. The van der Waals surface area contributed by atoms with Crippen LogP contribution in [0.1, 0.15) is 5.69 Å². The fourth-order valence-corrected chi connectivity index (χ4v) is 2.09. The first-order valence-corrected chi connectivity index (χ1v) is 5.61. The fraction of sp³-hybridized carbons (Fsp3) is 0.300. The lowest BCUT2D eigenvalue weighted by Crippen LogP contribution is -2.27. The molecule has 2 aromatic rings. The van der Waals surface area contributed by atoms with Gasteiger partial charge in [0.25, 0.3) is 0 Å². The minimum absolute atomic E-state index is 0.00302. The first-order chi connectivity index (χ1) is 7.31. The van der Waals surface area contributed by atoms with E-state index in [1.165, 1.54) is 0 Å². The van der Waals surface area contributed by atoms with Crippen molar-refractivity contribution < 1.29 is 5.11 Å². The molecule has 1 unspecified atom stereocenters. The van der Waals surface area contributed by atoms with Gasteiger partial charge in [0.1, 0.15) is 0 Å². The summed E-state index contributed by atoms with van der Waals surface area (Å²) in [7, 11) is 0. The summed E-state index contributed by atoms with van der Waals surface area (Å²) in [5, 5.41) is 11.8. The molecule has 2 rings (SSSR count). The summed E-state index contributed by atoms with van der Waals surface area (Å²) in [6, 6.07) is 3.75. The first kappa shape index (κ1) is 10.4. The van der Waals surface area contributed by atoms with E-state index < -0.39 is 0 Å². The maximum absolute atomic E-state index is 8.91. The molecule has 0 spiro atoms. The molecule has 4 nitrogen and oxygen atoms in total. The van der Waals surface area contributed by atoms with Crippen LogP contribution in [-0.2, 0) is 6.42 Å². The van der Waals surface area contributed by atoms with Crippen LogP contribution >= 0.6 is 11.3 Å². The van der Waals surface area contributed by atoms with Crippen molar-refractivity contribution in [3.05, 3.63) is 35.6 Å². The highest BCUT2D eigenvalue weighted by atomic mass is 32.1. The van der Waals surface area contributed by atoms with E-state index in [0.717, 1.165) is 10.8 Å². The van der Waals surface area contributed by atoms with E-state index in [2.05, 4.69) is 4.98 Å². The average Bonchev–Trinajstić information content (AvgIpc) is 2.86. The zero-order chi connectivity index (χ0) is 10.7. The van der Waals surface area contributed by atoms with Crippen molar-refractivity contribution in [3.63, 3.8) is 0 Å². The van der Waals surface area contributed by atoms with E-state index >= 15 is 0 Å². The molecule has 0 aliphatic carbocycles. The number of nitrogens with zero attached hydrogens (tertiary/aromatic N) is 2. The van der Waals surface area contributed by atoms with Gasteiger partial charge >= 0.3 is 0 Å². The highest BCUT2D eigenvalue weighted by Gasteiger charge is 2.08. The lowest BCUT2D eigenvalue weighted by atomic mass is 10.2. The maximum atomic E-state index is 8.91. The Hall–Kier alpha value is -1.17. The molecule has 80 valence electrons. The molecule has 1 atom stereocenters. The molecule has 3 N–H and O–H groups in total. The monoisotopic (exact) mass is 223 g/mol. The van der Waals surface area contributed by atoms with Gasteiger partial charge in [0.2, 0.25) is 0 Å². The van der Waals surface area contributed by atoms with Gasteiger partial charge in [-0.1, -0.05) is 0 Å². The van der Waals surface area contributed by atoms with Crippen LogP contribution in [0.25, 0.3) is 5.13 Å². The number of nitrogens with two attached hydrogens (primary N) is 1. The van der Waals surface area contributed by atoms with Gasteiger partial charge in [0.05, 0.1) is 6.61 Å². The Morgan fingerprint density at radius 3 is 3.13 bits per heavy atom. The van der Waals surface area contributed by atoms with Gasteiger partial charge in [-0.05, 0) is 12.1 Å². The second-order valence-corrected chi connectivity index (χ2v) is 4.20. The number of hydrogen-bond donors (Lipinski definition) is 2. The fourth-order valence-electron chi connectivity index (χ4n) is 1.44. The average molecular weight is 223 g/mol. The van der Waals surface area contributed by atoms with Gasteiger partial charge in [-0.3, -0.25) is 4.57 Å². The molecule has 15 heavy (non-hydrogen) atoms. The first-order valence-electron chi connectivity index (χ1n) is 4.74. The third kappa shape index (κ3) is 2.26. The number of thiazole rings is 1. The standard InChI is InChI=1S/C10H13N3OS/c11-8(7-14)6-9-2-1-4-13(9)10-12-3-5-15-10/h1-5,8,14H,6-7,11H2. The molecule has 0 saturated heterocycles. The predicted molar refractivity (Wildman–Crippen MR) is 60.2 cm³/mol. The molecule has 0 amide bonds. The quantitative estimate of drug-likeness (QED) is 0.805. The van der Waals surface area contributed by atoms with Crippen LogP contribution in [0.3, 0.4) is 0 Å². The summed E-state index contributed by atoms with van der Waals surface area (Å²) >= 11 is 1.58. The van der Waals surface area contributed by atoms with Crippen molar-refractivity contribution in [1.29, 1.82) is 0 Å². The number of aliphatic hydroxyl groups is 1. The summed E-state index contributed by atoms with van der Waals surface area (Å²) in [5.41, 5.74) is 6.78. The van der Waals surface area contributed by atoms with E-state index in [-0.39, 0.29) is 12.6 Å². The van der Waals surface area contributed by atoms with Crippen LogP contribution in [0.2, 0.25) is 0 Å². The van der Waals surface area contributed by atoms with Crippen LogP contribution < -0.4 is 5.73 Å². The molecule has 0 saturated carbocycles. The van der Waals surface area contributed by atoms with Crippen LogP contribution in [0, 0.1) is 0 Å². The Labute approximate surface area is 92.0 Å². The summed E-state index contributed by atoms with van der Waals surface area (Å²) in [5.74, 6) is 0. The zero-order valence-electron chi connectivity index (χ0n) is 8.21. The van der Waals surface area contributed by atoms with E-state index in [9.17, 15) is 0 Å². The van der Waals surface area contributed by atoms with Gasteiger partial charge in [-0.15, -0.1) is 11.3 Å². The normalized spacial score (nSPS) is 12.9. The van der Waals surface area contributed by atoms with Crippen LogP contribution in [-0.4, -0.2) is 27.3 Å². The van der Waals surface area contributed by atoms with Crippen LogP contribution in [0.15, 0.2) is 29.9 Å². The van der Waals surface area contributed by atoms with Gasteiger partial charge in [-0.2, -0.15) is 0 Å². The van der Waals surface area contributed by atoms with Crippen molar-refractivity contribution in [2.75, 3.05) is 6.61 Å². The van der Waals surface area contributed by atoms with Crippen molar-refractivity contribution in [2.24, 2.45) is 5.73 Å². The van der Waals surface area contributed by atoms with Crippen molar-refractivity contribution in [2.45, 2.75) is 12.5 Å². The molecule has 0 radical (unpaired) electrons. The number of aromatic nitrogens is 2. The molecule has 0 aromatic carbocycles. The van der Waals surface area contributed by atoms with Crippen LogP contribution in [0.5, 0.6) is 0 Å². The summed E-state index contributed by atoms with van der Waals surface area (Å²) < 4.78 is 2.00. The predicted octanol–water partition coefficient (Wildman–Crippen LogP) is 0.796. The van der Waals surface area contributed by atoms with E-state index in [0.29, 0.717) is 6.42 Å². The molecule has 2 aromatic heterocycles. The van der Waals surface area contributed by atoms with Gasteiger partial charge < -0.3 is 10.8 Å². The highest BCUT2D eigenvalue weighted by Crippen LogP contribution is 2.15. The highest BCUT2D eigenvalue weighted by molar-refractivity contribution is 7.12. The Morgan fingerprint density at radius 2 is 2.47 bits per heavy atom. The number of rotatable bonds is 4. The Balaban J connectivity index is 2.23. The maximum Gasteiger partial charge on any atom is 0.193 e. The Kier molecular flexibility index (Phi) is 3.15. The van der Waals surface area contributed by atoms with Gasteiger partial charge in [0.15, 0.2) is 5.13 Å². The van der Waals surface area contributed by atoms with Crippen LogP contribution in [0.4, 0.5) is 0 Å². The third-order valence-electron chi connectivity index (χ3n) is 2.16. The van der Waals surface area contributed by atoms with Gasteiger partial charge in [0, 0.05) is 35.9 Å². The molecular formula is C10H13N3OS. The van der Waals surface area contributed by atoms with E-state index in [1.54, 1.807) is 17.5 Å². The molecule has 0 aliphatic rings. The SMILES string of the molecule is NC(CO)Cc1cccn1-c1nccs1. The van der Waals surface area contributed by atoms with Crippen molar-refractivity contribution >= 4 is 11.3 Å². The summed E-state index contributed by atoms with van der Waals surface area (Å²) in [4.78, 5) is 4.23. The van der Waals surface area contributed by atoms with E-state index in [4.69, 9.17) is 10.8 Å². The number of hydrogen-bond acceptors (Lipinski definition) is 4. The smallest absolute Gasteiger partial charge is 0.193 e. The molecule has 5 heteroatoms. The lowest BCUT2D eigenvalue weighted by molar-refractivity contribution is 0.264. The third-order valence-corrected chi connectivity index (χ3v) is 2.94. The lowest BCUT2D eigenvalue weighted by Gasteiger charge is -2.09. The molecule has 0 bridgehead atoms. The van der Waals surface area contributed by atoms with E-state index in [1.807, 2.05) is 28.3 Å². The Bertz CT molecular complexity index is 410. The number of aliphatic hydroxyl groups excluding tert-OH is 1. The molecule has 0 aliphatic heterocycles. The van der Waals surface area contributed by atoms with Crippen molar-refractivity contribution in [1.82, 2.24) is 9.55 Å². The zero-order valence-corrected chi connectivity index (χ0v) is 9.02. The second-order valence-electron chi connectivity index (χ2n) is 3.33. The second kappa shape index (κ2) is 4.57. The van der Waals surface area contributed by atoms with Crippen molar-refractivity contribution in [3.8, 4) is 5.13 Å². The Morgan fingerprint density at radius 1 is 1.60 bits per heavy atom. The summed E-state index contributed by atoms with van der Waals surface area (Å²) in [6.45, 7) is 0.00302. The minimum Gasteiger partial charge on any atom is -0.395 e.